The van der Waals surface area contributed by atoms with Crippen molar-refractivity contribution < 1.29 is 19.1 Å². The number of rotatable bonds is 20. The molecule has 0 aliphatic heterocycles. The van der Waals surface area contributed by atoms with Crippen molar-refractivity contribution in [2.75, 3.05) is 13.2 Å². The van der Waals surface area contributed by atoms with E-state index < -0.39 is 17.6 Å². The molecule has 0 bridgehead atoms. The first kappa shape index (κ1) is 33.7. The summed E-state index contributed by atoms with van der Waals surface area (Å²) in [4.78, 5) is 24.7. The molecule has 1 unspecified atom stereocenters. The van der Waals surface area contributed by atoms with Gasteiger partial charge >= 0.3 is 12.1 Å². The molecule has 0 aromatic carbocycles. The molecule has 0 heterocycles. The molecule has 0 rings (SSSR count). The van der Waals surface area contributed by atoms with Gasteiger partial charge in [0.15, 0.2) is 0 Å². The lowest BCUT2D eigenvalue weighted by molar-refractivity contribution is -0.149. The fourth-order valence-corrected chi connectivity index (χ4v) is 3.98. The smallest absolute Gasteiger partial charge is 0.407 e. The molecule has 0 aromatic rings. The predicted octanol–water partition coefficient (Wildman–Crippen LogP) is 8.98. The SMILES string of the molecule is CCCCCCCCCCCCCCCCCCOC(=O)C(NC(=O)OCC(C)(C)C)C(C)(C)C. The minimum Gasteiger partial charge on any atom is -0.464 e. The summed E-state index contributed by atoms with van der Waals surface area (Å²) in [7, 11) is 0. The van der Waals surface area contributed by atoms with Crippen LogP contribution in [0, 0.1) is 10.8 Å². The van der Waals surface area contributed by atoms with Gasteiger partial charge < -0.3 is 14.8 Å². The first-order valence-corrected chi connectivity index (χ1v) is 14.6. The van der Waals surface area contributed by atoms with Crippen LogP contribution in [0.4, 0.5) is 4.79 Å². The Morgan fingerprint density at radius 3 is 1.40 bits per heavy atom. The fourth-order valence-electron chi connectivity index (χ4n) is 3.98. The van der Waals surface area contributed by atoms with Crippen LogP contribution >= 0.6 is 0 Å². The summed E-state index contributed by atoms with van der Waals surface area (Å²) >= 11 is 0. The maximum atomic E-state index is 12.6. The number of unbranched alkanes of at least 4 members (excludes halogenated alkanes) is 15. The lowest BCUT2D eigenvalue weighted by Gasteiger charge is -2.29. The molecule has 0 aliphatic carbocycles. The molecular weight excluding hydrogens is 438 g/mol. The Morgan fingerprint density at radius 1 is 0.629 bits per heavy atom. The Morgan fingerprint density at radius 2 is 1.03 bits per heavy atom. The van der Waals surface area contributed by atoms with Gasteiger partial charge in [0.05, 0.1) is 13.2 Å². The van der Waals surface area contributed by atoms with Crippen LogP contribution in [0.5, 0.6) is 0 Å². The van der Waals surface area contributed by atoms with E-state index >= 15 is 0 Å². The van der Waals surface area contributed by atoms with Crippen molar-refractivity contribution >= 4 is 12.1 Å². The van der Waals surface area contributed by atoms with Gasteiger partial charge in [-0.1, -0.05) is 145 Å². The van der Waals surface area contributed by atoms with Crippen LogP contribution in [-0.2, 0) is 14.3 Å². The van der Waals surface area contributed by atoms with Gasteiger partial charge in [0.2, 0.25) is 0 Å². The standard InChI is InChI=1S/C30H59NO4/c1-8-9-10-11-12-13-14-15-16-17-18-19-20-21-22-23-24-34-27(32)26(30(5,6)7)31-28(33)35-25-29(2,3)4/h26H,8-25H2,1-7H3,(H,31,33). The Hall–Kier alpha value is -1.26. The quantitative estimate of drug-likeness (QED) is 0.135. The topological polar surface area (TPSA) is 64.6 Å². The summed E-state index contributed by atoms with van der Waals surface area (Å²) in [6.07, 6.45) is 20.5. The highest BCUT2D eigenvalue weighted by Crippen LogP contribution is 2.21. The maximum Gasteiger partial charge on any atom is 0.407 e. The number of amides is 1. The number of hydrogen-bond acceptors (Lipinski definition) is 4. The summed E-state index contributed by atoms with van der Waals surface area (Å²) in [5.41, 5.74) is -0.575. The van der Waals surface area contributed by atoms with Gasteiger partial charge in [0.25, 0.3) is 0 Å². The minimum absolute atomic E-state index is 0.123. The van der Waals surface area contributed by atoms with E-state index in [0.717, 1.165) is 12.8 Å². The number of carbonyl (C=O) groups is 2. The fraction of sp³-hybridized carbons (Fsp3) is 0.933. The van der Waals surface area contributed by atoms with Crippen molar-refractivity contribution in [1.29, 1.82) is 0 Å². The largest absolute Gasteiger partial charge is 0.464 e. The number of alkyl carbamates (subject to hydrolysis) is 1. The third kappa shape index (κ3) is 21.7. The van der Waals surface area contributed by atoms with E-state index in [1.807, 2.05) is 41.5 Å². The Kier molecular flexibility index (Phi) is 19.2. The summed E-state index contributed by atoms with van der Waals surface area (Å²) in [6, 6.07) is -0.726. The van der Waals surface area contributed by atoms with E-state index in [2.05, 4.69) is 12.2 Å². The first-order valence-electron chi connectivity index (χ1n) is 14.6. The average molecular weight is 498 g/mol. The van der Waals surface area contributed by atoms with Crippen molar-refractivity contribution in [3.8, 4) is 0 Å². The van der Waals surface area contributed by atoms with E-state index in [9.17, 15) is 9.59 Å². The van der Waals surface area contributed by atoms with Gasteiger partial charge in [-0.15, -0.1) is 0 Å². The molecule has 0 aliphatic rings. The van der Waals surface area contributed by atoms with Gasteiger partial charge in [0.1, 0.15) is 6.04 Å². The highest BCUT2D eigenvalue weighted by molar-refractivity contribution is 5.82. The van der Waals surface area contributed by atoms with Gasteiger partial charge in [0, 0.05) is 0 Å². The van der Waals surface area contributed by atoms with Crippen LogP contribution in [0.3, 0.4) is 0 Å². The zero-order valence-electron chi connectivity index (χ0n) is 24.4. The molecule has 1 amide bonds. The van der Waals surface area contributed by atoms with Gasteiger partial charge in [-0.2, -0.15) is 0 Å². The monoisotopic (exact) mass is 497 g/mol. The van der Waals surface area contributed by atoms with E-state index in [1.165, 1.54) is 89.9 Å². The second kappa shape index (κ2) is 19.9. The van der Waals surface area contributed by atoms with Crippen LogP contribution in [0.25, 0.3) is 0 Å². The summed E-state index contributed by atoms with van der Waals surface area (Å²) in [6.45, 7) is 14.7. The van der Waals surface area contributed by atoms with Crippen LogP contribution < -0.4 is 5.32 Å². The molecule has 5 nitrogen and oxygen atoms in total. The van der Waals surface area contributed by atoms with Crippen molar-refractivity contribution in [2.45, 2.75) is 157 Å². The van der Waals surface area contributed by atoms with Crippen molar-refractivity contribution in [1.82, 2.24) is 5.32 Å². The van der Waals surface area contributed by atoms with Gasteiger partial charge in [-0.25, -0.2) is 9.59 Å². The number of esters is 1. The zero-order valence-corrected chi connectivity index (χ0v) is 24.4. The molecule has 5 heteroatoms. The normalized spacial score (nSPS) is 12.9. The molecule has 0 spiro atoms. The lowest BCUT2D eigenvalue weighted by atomic mass is 9.87. The molecule has 0 radical (unpaired) electrons. The number of hydrogen-bond donors (Lipinski definition) is 1. The molecule has 0 saturated carbocycles. The van der Waals surface area contributed by atoms with Gasteiger partial charge in [-0.3, -0.25) is 0 Å². The van der Waals surface area contributed by atoms with Crippen LogP contribution in [0.1, 0.15) is 151 Å². The van der Waals surface area contributed by atoms with Crippen molar-refractivity contribution in [3.63, 3.8) is 0 Å². The molecule has 1 atom stereocenters. The average Bonchev–Trinajstić information content (AvgIpc) is 2.76. The second-order valence-electron chi connectivity index (χ2n) is 12.6. The number of ether oxygens (including phenoxy) is 2. The number of carbonyl (C=O) groups excluding carboxylic acids is 2. The highest BCUT2D eigenvalue weighted by Gasteiger charge is 2.34. The maximum absolute atomic E-state index is 12.6. The van der Waals surface area contributed by atoms with E-state index in [0.29, 0.717) is 13.2 Å². The highest BCUT2D eigenvalue weighted by atomic mass is 16.6. The molecule has 35 heavy (non-hydrogen) atoms. The Labute approximate surface area is 217 Å². The van der Waals surface area contributed by atoms with E-state index in [4.69, 9.17) is 9.47 Å². The summed E-state index contributed by atoms with van der Waals surface area (Å²) in [5, 5.41) is 2.70. The first-order chi connectivity index (χ1) is 16.5. The Bertz CT molecular complexity index is 533. The zero-order chi connectivity index (χ0) is 26.6. The number of nitrogens with one attached hydrogen (secondary N) is 1. The van der Waals surface area contributed by atoms with Crippen LogP contribution in [0.2, 0.25) is 0 Å². The van der Waals surface area contributed by atoms with E-state index in [1.54, 1.807) is 0 Å². The third-order valence-electron chi connectivity index (χ3n) is 6.24. The molecule has 0 saturated heterocycles. The molecule has 1 N–H and O–H groups in total. The van der Waals surface area contributed by atoms with Gasteiger partial charge in [-0.05, 0) is 17.3 Å². The van der Waals surface area contributed by atoms with E-state index in [-0.39, 0.29) is 11.4 Å². The second-order valence-corrected chi connectivity index (χ2v) is 12.6. The predicted molar refractivity (Wildman–Crippen MR) is 148 cm³/mol. The van der Waals surface area contributed by atoms with Crippen LogP contribution in [-0.4, -0.2) is 31.3 Å². The van der Waals surface area contributed by atoms with Crippen molar-refractivity contribution in [2.24, 2.45) is 10.8 Å². The molecule has 0 fully saturated rings. The third-order valence-corrected chi connectivity index (χ3v) is 6.24. The molecule has 0 aromatic heterocycles. The lowest BCUT2D eigenvalue weighted by Crippen LogP contribution is -2.50. The summed E-state index contributed by atoms with van der Waals surface area (Å²) < 4.78 is 10.7. The molecule has 208 valence electrons. The minimum atomic E-state index is -0.726. The Balaban J connectivity index is 3.77. The van der Waals surface area contributed by atoms with Crippen LogP contribution in [0.15, 0.2) is 0 Å². The van der Waals surface area contributed by atoms with Crippen molar-refractivity contribution in [3.05, 3.63) is 0 Å². The summed E-state index contributed by atoms with van der Waals surface area (Å²) in [5.74, 6) is -0.383. The molecular formula is C30H59NO4.